The molecule has 0 aliphatic rings. The Kier molecular flexibility index (Phi) is 8.81. The standard InChI is InChI=1S/C17H29N7S.HI/c1-12(2)15-13(10-24(7)21-15)9-23(6)16(18-3)19-8-14-11-25-17(20-14)22(4)5;/h10-12H,8-9H2,1-7H3,(H,18,19);1H. The topological polar surface area (TPSA) is 61.6 Å². The summed E-state index contributed by atoms with van der Waals surface area (Å²) in [5, 5.41) is 11.1. The van der Waals surface area contributed by atoms with Crippen molar-refractivity contribution in [2.45, 2.75) is 32.9 Å². The van der Waals surface area contributed by atoms with E-state index in [1.54, 1.807) is 18.4 Å². The summed E-state index contributed by atoms with van der Waals surface area (Å²) in [7, 11) is 9.81. The van der Waals surface area contributed by atoms with Gasteiger partial charge in [0, 0.05) is 58.9 Å². The first-order valence-corrected chi connectivity index (χ1v) is 9.25. The van der Waals surface area contributed by atoms with Gasteiger partial charge in [-0.15, -0.1) is 35.3 Å². The number of aryl methyl sites for hydroxylation is 1. The molecule has 2 aromatic heterocycles. The van der Waals surface area contributed by atoms with Crippen LogP contribution in [0.1, 0.15) is 36.7 Å². The molecular formula is C17H30IN7S. The lowest BCUT2D eigenvalue weighted by Gasteiger charge is -2.22. The van der Waals surface area contributed by atoms with Crippen molar-refractivity contribution in [2.24, 2.45) is 12.0 Å². The van der Waals surface area contributed by atoms with Gasteiger partial charge in [0.25, 0.3) is 0 Å². The molecular weight excluding hydrogens is 461 g/mol. The Hall–Kier alpha value is -1.36. The summed E-state index contributed by atoms with van der Waals surface area (Å²) in [6, 6.07) is 0. The lowest BCUT2D eigenvalue weighted by atomic mass is 10.1. The number of rotatable bonds is 6. The van der Waals surface area contributed by atoms with Crippen LogP contribution in [0.3, 0.4) is 0 Å². The van der Waals surface area contributed by atoms with Gasteiger partial charge in [0.05, 0.1) is 17.9 Å². The number of nitrogens with zero attached hydrogens (tertiary/aromatic N) is 6. The Morgan fingerprint density at radius 1 is 1.35 bits per heavy atom. The van der Waals surface area contributed by atoms with Crippen molar-refractivity contribution in [3.63, 3.8) is 0 Å². The summed E-state index contributed by atoms with van der Waals surface area (Å²) in [4.78, 5) is 13.1. The third kappa shape index (κ3) is 5.83. The van der Waals surface area contributed by atoms with E-state index in [1.165, 1.54) is 5.56 Å². The van der Waals surface area contributed by atoms with Crippen molar-refractivity contribution in [1.29, 1.82) is 0 Å². The lowest BCUT2D eigenvalue weighted by Crippen LogP contribution is -2.38. The number of thiazole rings is 1. The Bertz CT molecular complexity index is 721. The molecule has 0 aromatic carbocycles. The van der Waals surface area contributed by atoms with E-state index >= 15 is 0 Å². The third-order valence-electron chi connectivity index (χ3n) is 3.81. The van der Waals surface area contributed by atoms with Crippen molar-refractivity contribution in [3.8, 4) is 0 Å². The van der Waals surface area contributed by atoms with E-state index in [0.29, 0.717) is 12.5 Å². The number of nitrogens with one attached hydrogen (secondary N) is 1. The summed E-state index contributed by atoms with van der Waals surface area (Å²) >= 11 is 1.65. The van der Waals surface area contributed by atoms with Crippen molar-refractivity contribution in [3.05, 3.63) is 28.5 Å². The van der Waals surface area contributed by atoms with Gasteiger partial charge in [-0.25, -0.2) is 4.98 Å². The van der Waals surface area contributed by atoms with Crippen molar-refractivity contribution in [1.82, 2.24) is 25.0 Å². The van der Waals surface area contributed by atoms with Crippen molar-refractivity contribution >= 4 is 46.4 Å². The minimum absolute atomic E-state index is 0. The van der Waals surface area contributed by atoms with Gasteiger partial charge in [0.1, 0.15) is 0 Å². The fourth-order valence-corrected chi connectivity index (χ4v) is 3.39. The molecule has 0 spiro atoms. The van der Waals surface area contributed by atoms with Crippen LogP contribution in [0.4, 0.5) is 5.13 Å². The Morgan fingerprint density at radius 2 is 2.04 bits per heavy atom. The van der Waals surface area contributed by atoms with E-state index in [4.69, 9.17) is 0 Å². The molecule has 0 amide bonds. The van der Waals surface area contributed by atoms with Crippen LogP contribution in [0.5, 0.6) is 0 Å². The predicted octanol–water partition coefficient (Wildman–Crippen LogP) is 2.89. The Labute approximate surface area is 177 Å². The van der Waals surface area contributed by atoms with Gasteiger partial charge >= 0.3 is 0 Å². The maximum absolute atomic E-state index is 4.60. The molecule has 0 bridgehead atoms. The number of halogens is 1. The number of aromatic nitrogens is 3. The molecule has 2 rings (SSSR count). The molecule has 0 radical (unpaired) electrons. The second kappa shape index (κ2) is 10.1. The number of hydrogen-bond donors (Lipinski definition) is 1. The van der Waals surface area contributed by atoms with E-state index in [1.807, 2.05) is 37.8 Å². The average Bonchev–Trinajstić information content (AvgIpc) is 3.14. The summed E-state index contributed by atoms with van der Waals surface area (Å²) in [5.74, 6) is 1.25. The maximum Gasteiger partial charge on any atom is 0.194 e. The molecule has 0 saturated carbocycles. The number of hydrogen-bond acceptors (Lipinski definition) is 5. The SMILES string of the molecule is CN=C(NCc1csc(N(C)C)n1)N(C)Cc1cn(C)nc1C(C)C.I. The molecule has 1 N–H and O–H groups in total. The van der Waals surface area contributed by atoms with E-state index < -0.39 is 0 Å². The van der Waals surface area contributed by atoms with Crippen LogP contribution in [0.15, 0.2) is 16.6 Å². The summed E-state index contributed by atoms with van der Waals surface area (Å²) in [6.45, 7) is 5.76. The van der Waals surface area contributed by atoms with Gasteiger partial charge in [-0.2, -0.15) is 5.10 Å². The Morgan fingerprint density at radius 3 is 2.58 bits per heavy atom. The van der Waals surface area contributed by atoms with Gasteiger partial charge in [0.15, 0.2) is 11.1 Å². The van der Waals surface area contributed by atoms with Gasteiger partial charge in [-0.3, -0.25) is 9.67 Å². The molecule has 146 valence electrons. The van der Waals surface area contributed by atoms with Crippen LogP contribution in [-0.4, -0.2) is 53.8 Å². The maximum atomic E-state index is 4.60. The van der Waals surface area contributed by atoms with E-state index in [2.05, 4.69) is 50.7 Å². The van der Waals surface area contributed by atoms with Crippen LogP contribution in [0, 0.1) is 0 Å². The molecule has 7 nitrogen and oxygen atoms in total. The molecule has 0 aliphatic carbocycles. The highest BCUT2D eigenvalue weighted by Gasteiger charge is 2.15. The van der Waals surface area contributed by atoms with Crippen LogP contribution >= 0.6 is 35.3 Å². The average molecular weight is 491 g/mol. The molecule has 0 saturated heterocycles. The first kappa shape index (κ1) is 22.7. The molecule has 0 unspecified atom stereocenters. The minimum atomic E-state index is 0. The molecule has 2 heterocycles. The summed E-state index contributed by atoms with van der Waals surface area (Å²) in [5.41, 5.74) is 3.39. The first-order chi connectivity index (χ1) is 11.8. The molecule has 0 atom stereocenters. The number of guanidine groups is 1. The molecule has 26 heavy (non-hydrogen) atoms. The van der Waals surface area contributed by atoms with Crippen LogP contribution in [0.25, 0.3) is 0 Å². The van der Waals surface area contributed by atoms with E-state index in [-0.39, 0.29) is 24.0 Å². The van der Waals surface area contributed by atoms with Crippen molar-refractivity contribution < 1.29 is 0 Å². The summed E-state index contributed by atoms with van der Waals surface area (Å²) in [6.07, 6.45) is 2.09. The Balaban J connectivity index is 0.00000338. The van der Waals surface area contributed by atoms with Gasteiger partial charge in [-0.1, -0.05) is 13.8 Å². The van der Waals surface area contributed by atoms with Crippen LogP contribution < -0.4 is 10.2 Å². The number of anilines is 1. The smallest absolute Gasteiger partial charge is 0.194 e. The lowest BCUT2D eigenvalue weighted by molar-refractivity contribution is 0.473. The fourth-order valence-electron chi connectivity index (χ4n) is 2.63. The second-order valence-electron chi connectivity index (χ2n) is 6.64. The highest BCUT2D eigenvalue weighted by Crippen LogP contribution is 2.19. The second-order valence-corrected chi connectivity index (χ2v) is 7.48. The fraction of sp³-hybridized carbons (Fsp3) is 0.588. The van der Waals surface area contributed by atoms with E-state index in [0.717, 1.165) is 29.0 Å². The highest BCUT2D eigenvalue weighted by atomic mass is 127. The zero-order valence-corrected chi connectivity index (χ0v) is 19.8. The molecule has 2 aromatic rings. The minimum Gasteiger partial charge on any atom is -0.354 e. The van der Waals surface area contributed by atoms with Crippen LogP contribution in [0.2, 0.25) is 0 Å². The molecule has 0 aliphatic heterocycles. The predicted molar refractivity (Wildman–Crippen MR) is 121 cm³/mol. The molecule has 0 fully saturated rings. The zero-order valence-electron chi connectivity index (χ0n) is 16.6. The van der Waals surface area contributed by atoms with Crippen molar-refractivity contribution in [2.75, 3.05) is 33.1 Å². The first-order valence-electron chi connectivity index (χ1n) is 8.37. The largest absolute Gasteiger partial charge is 0.354 e. The number of aliphatic imine (C=N–C) groups is 1. The van der Waals surface area contributed by atoms with E-state index in [9.17, 15) is 0 Å². The van der Waals surface area contributed by atoms with Gasteiger partial charge in [0.2, 0.25) is 0 Å². The van der Waals surface area contributed by atoms with Gasteiger partial charge in [-0.05, 0) is 5.92 Å². The quantitative estimate of drug-likeness (QED) is 0.383. The van der Waals surface area contributed by atoms with Gasteiger partial charge < -0.3 is 15.1 Å². The molecule has 9 heteroatoms. The highest BCUT2D eigenvalue weighted by molar-refractivity contribution is 14.0. The summed E-state index contributed by atoms with van der Waals surface area (Å²) < 4.78 is 1.88. The normalized spacial score (nSPS) is 11.5. The van der Waals surface area contributed by atoms with Crippen LogP contribution in [-0.2, 0) is 20.1 Å². The zero-order chi connectivity index (χ0) is 18.6. The third-order valence-corrected chi connectivity index (χ3v) is 4.87. The monoisotopic (exact) mass is 491 g/mol.